The lowest BCUT2D eigenvalue weighted by Crippen LogP contribution is -2.43. The van der Waals surface area contributed by atoms with E-state index in [1.165, 1.54) is 31.5 Å². The summed E-state index contributed by atoms with van der Waals surface area (Å²) in [5.41, 5.74) is 1.44. The van der Waals surface area contributed by atoms with Crippen LogP contribution in [0.1, 0.15) is 18.4 Å². The average Bonchev–Trinajstić information content (AvgIpc) is 3.33. The number of benzene rings is 1. The summed E-state index contributed by atoms with van der Waals surface area (Å²) in [5, 5.41) is 3.59. The Morgan fingerprint density at radius 1 is 1.27 bits per heavy atom. The SMILES string of the molecule is CN=C(NCC1CCN(CCc2ccccc2)C1)N(C)CC1CCOC1. The van der Waals surface area contributed by atoms with Gasteiger partial charge < -0.3 is 19.9 Å². The molecule has 0 saturated carbocycles. The maximum Gasteiger partial charge on any atom is 0.193 e. The number of hydrogen-bond acceptors (Lipinski definition) is 3. The standard InChI is InChI=1S/C21H34N4O/c1-22-21(24(2)15-20-10-13-26-17-20)23-14-19-9-12-25(16-19)11-8-18-6-4-3-5-7-18/h3-7,19-20H,8-17H2,1-2H3,(H,22,23). The number of hydrogen-bond donors (Lipinski definition) is 1. The van der Waals surface area contributed by atoms with Crippen molar-refractivity contribution < 1.29 is 4.74 Å². The number of likely N-dealkylation sites (tertiary alicyclic amines) is 1. The van der Waals surface area contributed by atoms with Crippen LogP contribution in [0.4, 0.5) is 0 Å². The number of guanidine groups is 1. The first-order valence-electron chi connectivity index (χ1n) is 10.0. The van der Waals surface area contributed by atoms with Gasteiger partial charge in [0, 0.05) is 52.8 Å². The predicted octanol–water partition coefficient (Wildman–Crippen LogP) is 2.09. The lowest BCUT2D eigenvalue weighted by molar-refractivity contribution is 0.181. The highest BCUT2D eigenvalue weighted by Gasteiger charge is 2.23. The van der Waals surface area contributed by atoms with Crippen molar-refractivity contribution in [2.24, 2.45) is 16.8 Å². The molecule has 2 atom stereocenters. The van der Waals surface area contributed by atoms with Crippen molar-refractivity contribution in [1.29, 1.82) is 0 Å². The van der Waals surface area contributed by atoms with Crippen LogP contribution in [0.15, 0.2) is 35.3 Å². The second-order valence-corrected chi connectivity index (χ2v) is 7.73. The molecule has 2 heterocycles. The maximum absolute atomic E-state index is 5.49. The zero-order valence-corrected chi connectivity index (χ0v) is 16.4. The maximum atomic E-state index is 5.49. The Hall–Kier alpha value is -1.59. The third-order valence-corrected chi connectivity index (χ3v) is 5.61. The molecule has 26 heavy (non-hydrogen) atoms. The van der Waals surface area contributed by atoms with Crippen LogP contribution < -0.4 is 5.32 Å². The molecule has 1 aromatic carbocycles. The van der Waals surface area contributed by atoms with E-state index in [2.05, 4.69) is 57.5 Å². The molecule has 1 N–H and O–H groups in total. The van der Waals surface area contributed by atoms with Crippen LogP contribution in [-0.2, 0) is 11.2 Å². The number of ether oxygens (including phenoxy) is 1. The fourth-order valence-electron chi connectivity index (χ4n) is 4.04. The third kappa shape index (κ3) is 5.71. The molecule has 0 aromatic heterocycles. The normalized spacial score (nSPS) is 24.2. The van der Waals surface area contributed by atoms with Gasteiger partial charge in [-0.25, -0.2) is 0 Å². The topological polar surface area (TPSA) is 40.1 Å². The van der Waals surface area contributed by atoms with E-state index in [9.17, 15) is 0 Å². The van der Waals surface area contributed by atoms with Crippen molar-refractivity contribution in [3.05, 3.63) is 35.9 Å². The summed E-state index contributed by atoms with van der Waals surface area (Å²) in [7, 11) is 4.01. The van der Waals surface area contributed by atoms with Gasteiger partial charge in [-0.05, 0) is 37.3 Å². The second kappa shape index (κ2) is 9.93. The van der Waals surface area contributed by atoms with E-state index in [4.69, 9.17) is 4.74 Å². The Kier molecular flexibility index (Phi) is 7.32. The molecule has 0 radical (unpaired) electrons. The van der Waals surface area contributed by atoms with E-state index in [-0.39, 0.29) is 0 Å². The molecule has 3 rings (SSSR count). The van der Waals surface area contributed by atoms with Gasteiger partial charge in [0.1, 0.15) is 0 Å². The number of aliphatic imine (C=N–C) groups is 1. The van der Waals surface area contributed by atoms with E-state index < -0.39 is 0 Å². The zero-order chi connectivity index (χ0) is 18.2. The largest absolute Gasteiger partial charge is 0.381 e. The van der Waals surface area contributed by atoms with Gasteiger partial charge >= 0.3 is 0 Å². The van der Waals surface area contributed by atoms with Gasteiger partial charge in [-0.1, -0.05) is 30.3 Å². The van der Waals surface area contributed by atoms with E-state index >= 15 is 0 Å². The third-order valence-electron chi connectivity index (χ3n) is 5.61. The van der Waals surface area contributed by atoms with Gasteiger partial charge in [0.2, 0.25) is 0 Å². The molecule has 1 aromatic rings. The van der Waals surface area contributed by atoms with E-state index in [0.717, 1.165) is 45.2 Å². The minimum absolute atomic E-state index is 0.638. The number of nitrogens with zero attached hydrogens (tertiary/aromatic N) is 3. The molecule has 2 saturated heterocycles. The van der Waals surface area contributed by atoms with Crippen molar-refractivity contribution in [3.63, 3.8) is 0 Å². The first-order chi connectivity index (χ1) is 12.7. The minimum Gasteiger partial charge on any atom is -0.381 e. The highest BCUT2D eigenvalue weighted by molar-refractivity contribution is 5.79. The lowest BCUT2D eigenvalue weighted by atomic mass is 10.1. The van der Waals surface area contributed by atoms with Crippen LogP contribution in [0.2, 0.25) is 0 Å². The highest BCUT2D eigenvalue weighted by atomic mass is 16.5. The van der Waals surface area contributed by atoms with Gasteiger partial charge in [-0.2, -0.15) is 0 Å². The minimum atomic E-state index is 0.638. The Bertz CT molecular complexity index is 556. The first kappa shape index (κ1) is 19.2. The molecule has 0 amide bonds. The quantitative estimate of drug-likeness (QED) is 0.599. The summed E-state index contributed by atoms with van der Waals surface area (Å²) < 4.78 is 5.49. The average molecular weight is 359 g/mol. The predicted molar refractivity (Wildman–Crippen MR) is 108 cm³/mol. The van der Waals surface area contributed by atoms with Crippen LogP contribution in [0.5, 0.6) is 0 Å². The first-order valence-corrected chi connectivity index (χ1v) is 10.0. The fraction of sp³-hybridized carbons (Fsp3) is 0.667. The summed E-state index contributed by atoms with van der Waals surface area (Å²) in [6.45, 7) is 7.40. The molecular weight excluding hydrogens is 324 g/mol. The lowest BCUT2D eigenvalue weighted by Gasteiger charge is -2.25. The van der Waals surface area contributed by atoms with Gasteiger partial charge in [-0.15, -0.1) is 0 Å². The van der Waals surface area contributed by atoms with Crippen LogP contribution in [-0.4, -0.2) is 75.8 Å². The van der Waals surface area contributed by atoms with Crippen LogP contribution in [0, 0.1) is 11.8 Å². The molecule has 0 bridgehead atoms. The molecule has 0 spiro atoms. The van der Waals surface area contributed by atoms with Crippen LogP contribution in [0.3, 0.4) is 0 Å². The molecule has 5 heteroatoms. The second-order valence-electron chi connectivity index (χ2n) is 7.73. The summed E-state index contributed by atoms with van der Waals surface area (Å²) in [5.74, 6) is 2.36. The summed E-state index contributed by atoms with van der Waals surface area (Å²) in [6.07, 6.45) is 3.59. The van der Waals surface area contributed by atoms with E-state index in [1.807, 2.05) is 7.05 Å². The van der Waals surface area contributed by atoms with Crippen molar-refractivity contribution >= 4 is 5.96 Å². The fourth-order valence-corrected chi connectivity index (χ4v) is 4.04. The van der Waals surface area contributed by atoms with Gasteiger partial charge in [0.05, 0.1) is 6.61 Å². The van der Waals surface area contributed by atoms with E-state index in [0.29, 0.717) is 11.8 Å². The molecular formula is C21H34N4O. The summed E-state index contributed by atoms with van der Waals surface area (Å²) in [6, 6.07) is 10.8. The van der Waals surface area contributed by atoms with Crippen molar-refractivity contribution in [2.45, 2.75) is 19.3 Å². The molecule has 2 unspecified atom stereocenters. The van der Waals surface area contributed by atoms with Gasteiger partial charge in [-0.3, -0.25) is 4.99 Å². The van der Waals surface area contributed by atoms with Gasteiger partial charge in [0.15, 0.2) is 5.96 Å². The Morgan fingerprint density at radius 3 is 2.85 bits per heavy atom. The zero-order valence-electron chi connectivity index (χ0n) is 16.4. The van der Waals surface area contributed by atoms with Crippen molar-refractivity contribution in [3.8, 4) is 0 Å². The summed E-state index contributed by atoms with van der Waals surface area (Å²) >= 11 is 0. The van der Waals surface area contributed by atoms with E-state index in [1.54, 1.807) is 0 Å². The number of nitrogens with one attached hydrogen (secondary N) is 1. The Balaban J connectivity index is 1.36. The number of rotatable bonds is 7. The molecule has 2 fully saturated rings. The van der Waals surface area contributed by atoms with Gasteiger partial charge in [0.25, 0.3) is 0 Å². The Morgan fingerprint density at radius 2 is 2.12 bits per heavy atom. The molecule has 2 aliphatic rings. The molecule has 2 aliphatic heterocycles. The van der Waals surface area contributed by atoms with Crippen molar-refractivity contribution in [1.82, 2.24) is 15.1 Å². The molecule has 0 aliphatic carbocycles. The molecule has 5 nitrogen and oxygen atoms in total. The van der Waals surface area contributed by atoms with Crippen LogP contribution in [0.25, 0.3) is 0 Å². The molecule has 144 valence electrons. The summed E-state index contributed by atoms with van der Waals surface area (Å²) in [4.78, 5) is 9.31. The monoisotopic (exact) mass is 358 g/mol. The highest BCUT2D eigenvalue weighted by Crippen LogP contribution is 2.17. The smallest absolute Gasteiger partial charge is 0.193 e. The van der Waals surface area contributed by atoms with Crippen molar-refractivity contribution in [2.75, 3.05) is 60.0 Å². The van der Waals surface area contributed by atoms with Crippen LogP contribution >= 0.6 is 0 Å². The Labute approximate surface area is 158 Å².